The van der Waals surface area contributed by atoms with Gasteiger partial charge in [0.1, 0.15) is 0 Å². The lowest BCUT2D eigenvalue weighted by atomic mass is 10.0. The summed E-state index contributed by atoms with van der Waals surface area (Å²) in [6, 6.07) is 8.72. The summed E-state index contributed by atoms with van der Waals surface area (Å²) in [5, 5.41) is 0. The van der Waals surface area contributed by atoms with E-state index in [9.17, 15) is 0 Å². The molecule has 0 aliphatic carbocycles. The van der Waals surface area contributed by atoms with E-state index in [0.717, 1.165) is 26.1 Å². The van der Waals surface area contributed by atoms with Gasteiger partial charge in [0.15, 0.2) is 0 Å². The Morgan fingerprint density at radius 1 is 1.10 bits per heavy atom. The first-order chi connectivity index (χ1) is 9.45. The monoisotopic (exact) mass is 277 g/mol. The van der Waals surface area contributed by atoms with Crippen molar-refractivity contribution in [1.29, 1.82) is 0 Å². The van der Waals surface area contributed by atoms with E-state index in [-0.39, 0.29) is 6.04 Å². The summed E-state index contributed by atoms with van der Waals surface area (Å²) in [7, 11) is 4.24. The first-order valence-corrected chi connectivity index (χ1v) is 7.69. The van der Waals surface area contributed by atoms with Crippen LogP contribution in [-0.2, 0) is 0 Å². The van der Waals surface area contributed by atoms with E-state index in [1.807, 2.05) is 0 Å². The average molecular weight is 277 g/mol. The van der Waals surface area contributed by atoms with Crippen LogP contribution in [0.3, 0.4) is 0 Å². The molecule has 0 aromatic heterocycles. The number of hydrogen-bond donors (Lipinski definition) is 1. The Morgan fingerprint density at radius 2 is 1.75 bits per heavy atom. The predicted molar refractivity (Wildman–Crippen MR) is 89.3 cm³/mol. The fourth-order valence-electron chi connectivity index (χ4n) is 2.38. The lowest BCUT2D eigenvalue weighted by molar-refractivity contribution is 0.408. The molecule has 1 rings (SSSR count). The van der Waals surface area contributed by atoms with Gasteiger partial charge in [-0.05, 0) is 38.1 Å². The molecule has 2 N–H and O–H groups in total. The summed E-state index contributed by atoms with van der Waals surface area (Å²) in [5.74, 6) is 0.642. The number of nitrogens with zero attached hydrogens (tertiary/aromatic N) is 2. The number of nitrogens with two attached hydrogens (primary N) is 1. The van der Waals surface area contributed by atoms with E-state index in [0.29, 0.717) is 5.92 Å². The van der Waals surface area contributed by atoms with Crippen molar-refractivity contribution in [3.8, 4) is 0 Å². The number of para-hydroxylation sites is 1. The highest BCUT2D eigenvalue weighted by Gasteiger charge is 2.15. The van der Waals surface area contributed by atoms with Crippen LogP contribution in [0.1, 0.15) is 38.8 Å². The molecule has 0 spiro atoms. The van der Waals surface area contributed by atoms with Crippen LogP contribution in [0.25, 0.3) is 0 Å². The summed E-state index contributed by atoms with van der Waals surface area (Å²) in [5.41, 5.74) is 8.86. The third-order valence-corrected chi connectivity index (χ3v) is 3.52. The second-order valence-electron chi connectivity index (χ2n) is 6.22. The molecule has 0 radical (unpaired) electrons. The Morgan fingerprint density at radius 3 is 2.30 bits per heavy atom. The summed E-state index contributed by atoms with van der Waals surface area (Å²) in [6.45, 7) is 9.85. The zero-order chi connectivity index (χ0) is 15.1. The largest absolute Gasteiger partial charge is 0.370 e. The summed E-state index contributed by atoms with van der Waals surface area (Å²) in [4.78, 5) is 4.71. The van der Waals surface area contributed by atoms with Gasteiger partial charge in [0.25, 0.3) is 0 Å². The van der Waals surface area contributed by atoms with Crippen LogP contribution in [0.2, 0.25) is 0 Å². The van der Waals surface area contributed by atoms with Crippen molar-refractivity contribution in [2.45, 2.75) is 33.2 Å². The zero-order valence-corrected chi connectivity index (χ0v) is 13.8. The zero-order valence-electron chi connectivity index (χ0n) is 13.8. The first-order valence-electron chi connectivity index (χ1n) is 7.69. The molecule has 0 aliphatic rings. The number of benzene rings is 1. The van der Waals surface area contributed by atoms with Crippen molar-refractivity contribution in [2.75, 3.05) is 38.6 Å². The molecular weight excluding hydrogens is 246 g/mol. The number of anilines is 1. The minimum absolute atomic E-state index is 0.125. The molecule has 0 amide bonds. The molecule has 1 aromatic rings. The Hall–Kier alpha value is -1.06. The van der Waals surface area contributed by atoms with E-state index < -0.39 is 0 Å². The molecule has 1 atom stereocenters. The second kappa shape index (κ2) is 8.28. The summed E-state index contributed by atoms with van der Waals surface area (Å²) in [6.07, 6.45) is 0.972. The van der Waals surface area contributed by atoms with Crippen LogP contribution in [0.15, 0.2) is 24.3 Å². The quantitative estimate of drug-likeness (QED) is 0.792. The van der Waals surface area contributed by atoms with Crippen LogP contribution < -0.4 is 10.6 Å². The van der Waals surface area contributed by atoms with Gasteiger partial charge in [-0.3, -0.25) is 0 Å². The highest BCUT2D eigenvalue weighted by molar-refractivity contribution is 5.55. The average Bonchev–Trinajstić information content (AvgIpc) is 2.42. The lowest BCUT2D eigenvalue weighted by Gasteiger charge is -2.31. The maximum atomic E-state index is 6.28. The standard InChI is InChI=1S/C17H31N3/c1-6-16(18)15-9-7-8-10-17(15)20(13-14(2)3)12-11-19(4)5/h7-10,14,16H,6,11-13,18H2,1-5H3. The maximum absolute atomic E-state index is 6.28. The topological polar surface area (TPSA) is 32.5 Å². The molecule has 20 heavy (non-hydrogen) atoms. The minimum Gasteiger partial charge on any atom is -0.370 e. The van der Waals surface area contributed by atoms with Crippen LogP contribution >= 0.6 is 0 Å². The number of likely N-dealkylation sites (N-methyl/N-ethyl adjacent to an activating group) is 1. The maximum Gasteiger partial charge on any atom is 0.0415 e. The van der Waals surface area contributed by atoms with E-state index in [1.165, 1.54) is 11.3 Å². The van der Waals surface area contributed by atoms with Crippen molar-refractivity contribution in [1.82, 2.24) is 4.90 Å². The van der Waals surface area contributed by atoms with Crippen LogP contribution in [-0.4, -0.2) is 38.6 Å². The third-order valence-electron chi connectivity index (χ3n) is 3.52. The van der Waals surface area contributed by atoms with E-state index in [4.69, 9.17) is 5.73 Å². The van der Waals surface area contributed by atoms with Gasteiger partial charge in [-0.1, -0.05) is 39.0 Å². The number of rotatable bonds is 8. The molecule has 0 saturated carbocycles. The SMILES string of the molecule is CCC(N)c1ccccc1N(CCN(C)C)CC(C)C. The molecule has 3 heteroatoms. The van der Waals surface area contributed by atoms with Gasteiger partial charge < -0.3 is 15.5 Å². The van der Waals surface area contributed by atoms with E-state index in [2.05, 4.69) is 68.9 Å². The Labute approximate surface area is 124 Å². The van der Waals surface area contributed by atoms with Gasteiger partial charge in [0.2, 0.25) is 0 Å². The van der Waals surface area contributed by atoms with Crippen LogP contribution in [0.5, 0.6) is 0 Å². The second-order valence-corrected chi connectivity index (χ2v) is 6.22. The Bertz CT molecular complexity index is 388. The molecule has 0 saturated heterocycles. The Balaban J connectivity index is 2.99. The van der Waals surface area contributed by atoms with Gasteiger partial charge >= 0.3 is 0 Å². The van der Waals surface area contributed by atoms with Gasteiger partial charge in [-0.15, -0.1) is 0 Å². The molecular formula is C17H31N3. The Kier molecular flexibility index (Phi) is 7.03. The van der Waals surface area contributed by atoms with Crippen molar-refractivity contribution in [2.24, 2.45) is 11.7 Å². The highest BCUT2D eigenvalue weighted by atomic mass is 15.2. The van der Waals surface area contributed by atoms with Crippen molar-refractivity contribution in [3.63, 3.8) is 0 Å². The van der Waals surface area contributed by atoms with E-state index in [1.54, 1.807) is 0 Å². The van der Waals surface area contributed by atoms with Crippen molar-refractivity contribution < 1.29 is 0 Å². The van der Waals surface area contributed by atoms with Crippen molar-refractivity contribution in [3.05, 3.63) is 29.8 Å². The molecule has 0 heterocycles. The first kappa shape index (κ1) is 17.0. The summed E-state index contributed by atoms with van der Waals surface area (Å²) < 4.78 is 0. The van der Waals surface area contributed by atoms with E-state index >= 15 is 0 Å². The van der Waals surface area contributed by atoms with Gasteiger partial charge in [0.05, 0.1) is 0 Å². The molecule has 114 valence electrons. The summed E-state index contributed by atoms with van der Waals surface area (Å²) >= 11 is 0. The van der Waals surface area contributed by atoms with Gasteiger partial charge in [-0.2, -0.15) is 0 Å². The molecule has 3 nitrogen and oxygen atoms in total. The van der Waals surface area contributed by atoms with Crippen LogP contribution in [0.4, 0.5) is 5.69 Å². The molecule has 0 aliphatic heterocycles. The molecule has 0 fully saturated rings. The molecule has 1 aromatic carbocycles. The smallest absolute Gasteiger partial charge is 0.0415 e. The fraction of sp³-hybridized carbons (Fsp3) is 0.647. The normalized spacial score (nSPS) is 13.0. The predicted octanol–water partition coefficient (Wildman–Crippen LogP) is 3.12. The third kappa shape index (κ3) is 5.14. The number of hydrogen-bond acceptors (Lipinski definition) is 3. The van der Waals surface area contributed by atoms with Gasteiger partial charge in [0, 0.05) is 31.4 Å². The van der Waals surface area contributed by atoms with Crippen LogP contribution in [0, 0.1) is 5.92 Å². The fourth-order valence-corrected chi connectivity index (χ4v) is 2.38. The van der Waals surface area contributed by atoms with Crippen molar-refractivity contribution >= 4 is 5.69 Å². The highest BCUT2D eigenvalue weighted by Crippen LogP contribution is 2.27. The van der Waals surface area contributed by atoms with Gasteiger partial charge in [-0.25, -0.2) is 0 Å². The molecule has 0 bridgehead atoms. The minimum atomic E-state index is 0.125. The molecule has 1 unspecified atom stereocenters. The lowest BCUT2D eigenvalue weighted by Crippen LogP contribution is -2.35.